The van der Waals surface area contributed by atoms with Crippen molar-refractivity contribution in [2.45, 2.75) is 135 Å². The molecule has 2 bridgehead atoms. The van der Waals surface area contributed by atoms with Crippen molar-refractivity contribution in [1.29, 1.82) is 0 Å². The predicted molar refractivity (Wildman–Crippen MR) is 180 cm³/mol. The van der Waals surface area contributed by atoms with Gasteiger partial charge in [-0.3, -0.25) is 0 Å². The summed E-state index contributed by atoms with van der Waals surface area (Å²) in [6, 6.07) is 0. The summed E-state index contributed by atoms with van der Waals surface area (Å²) in [5.41, 5.74) is 2.60. The van der Waals surface area contributed by atoms with Crippen LogP contribution in [-0.4, -0.2) is 51.4 Å². The summed E-state index contributed by atoms with van der Waals surface area (Å²) in [6.45, 7) is 22.9. The SMILES string of the molecule is C=C1C[C@H](C)C[C@@H]2CC=C[C@@H](C/C=C\C(=O)O[C@H]([C@H](/C=C/[C@@H]3CC(C)=CCO3)O[Si](C)(C)C(C)(C)C)C/C=C/[C@@H](C)C1)O2. The Balaban J connectivity index is 1.89. The Morgan fingerprint density at radius 2 is 1.79 bits per heavy atom. The summed E-state index contributed by atoms with van der Waals surface area (Å²) in [5, 5.41) is 0.00637. The van der Waals surface area contributed by atoms with Crippen molar-refractivity contribution in [1.82, 2.24) is 0 Å². The van der Waals surface area contributed by atoms with Gasteiger partial charge >= 0.3 is 5.97 Å². The smallest absolute Gasteiger partial charge is 0.330 e. The van der Waals surface area contributed by atoms with Crippen LogP contribution in [0.2, 0.25) is 18.1 Å². The van der Waals surface area contributed by atoms with E-state index in [-0.39, 0.29) is 35.4 Å². The molecule has 7 atom stereocenters. The zero-order valence-electron chi connectivity index (χ0n) is 28.1. The highest BCUT2D eigenvalue weighted by molar-refractivity contribution is 6.74. The molecule has 43 heavy (non-hydrogen) atoms. The van der Waals surface area contributed by atoms with Gasteiger partial charge in [0.15, 0.2) is 8.32 Å². The van der Waals surface area contributed by atoms with Gasteiger partial charge in [-0.25, -0.2) is 4.79 Å². The lowest BCUT2D eigenvalue weighted by atomic mass is 9.90. The first-order chi connectivity index (χ1) is 20.2. The Labute approximate surface area is 263 Å². The number of allylic oxidation sites excluding steroid dienone is 2. The molecule has 0 amide bonds. The molecule has 0 spiro atoms. The molecule has 0 aliphatic carbocycles. The van der Waals surface area contributed by atoms with Gasteiger partial charge in [0.1, 0.15) is 12.2 Å². The van der Waals surface area contributed by atoms with Gasteiger partial charge in [0, 0.05) is 12.5 Å². The van der Waals surface area contributed by atoms with Crippen LogP contribution in [-0.2, 0) is 23.4 Å². The molecule has 0 unspecified atom stereocenters. The predicted octanol–water partition coefficient (Wildman–Crippen LogP) is 9.20. The van der Waals surface area contributed by atoms with Gasteiger partial charge in [-0.1, -0.05) is 101 Å². The van der Waals surface area contributed by atoms with Crippen LogP contribution in [0.4, 0.5) is 0 Å². The molecule has 240 valence electrons. The molecule has 3 rings (SSSR count). The number of esters is 1. The number of carbonyl (C=O) groups excluding carboxylic acids is 1. The summed E-state index contributed by atoms with van der Waals surface area (Å²) in [5.74, 6) is 0.506. The molecule has 0 N–H and O–H groups in total. The van der Waals surface area contributed by atoms with E-state index in [2.05, 4.69) is 104 Å². The molecule has 5 nitrogen and oxygen atoms in total. The highest BCUT2D eigenvalue weighted by Gasteiger charge is 2.41. The summed E-state index contributed by atoms with van der Waals surface area (Å²) in [7, 11) is -2.20. The third-order valence-electron chi connectivity index (χ3n) is 9.14. The summed E-state index contributed by atoms with van der Waals surface area (Å²) < 4.78 is 25.5. The molecule has 0 radical (unpaired) electrons. The van der Waals surface area contributed by atoms with Crippen LogP contribution in [0.25, 0.3) is 0 Å². The molecule has 0 aromatic carbocycles. The number of ether oxygens (including phenoxy) is 3. The van der Waals surface area contributed by atoms with Crippen LogP contribution in [0.15, 0.2) is 72.4 Å². The van der Waals surface area contributed by atoms with E-state index >= 15 is 0 Å². The maximum atomic E-state index is 13.2. The van der Waals surface area contributed by atoms with E-state index in [0.29, 0.717) is 31.3 Å². The van der Waals surface area contributed by atoms with E-state index in [1.54, 1.807) is 6.08 Å². The zero-order valence-corrected chi connectivity index (χ0v) is 29.1. The summed E-state index contributed by atoms with van der Waals surface area (Å²) in [4.78, 5) is 13.2. The first-order valence-electron chi connectivity index (χ1n) is 16.4. The number of cyclic esters (lactones) is 1. The molecule has 0 aromatic rings. The van der Waals surface area contributed by atoms with Gasteiger partial charge in [-0.05, 0) is 75.4 Å². The van der Waals surface area contributed by atoms with Crippen molar-refractivity contribution in [3.05, 3.63) is 72.4 Å². The average molecular weight is 611 g/mol. The third kappa shape index (κ3) is 12.1. The second-order valence-electron chi connectivity index (χ2n) is 14.6. The average Bonchev–Trinajstić information content (AvgIpc) is 2.89. The van der Waals surface area contributed by atoms with E-state index in [1.165, 1.54) is 11.1 Å². The topological polar surface area (TPSA) is 54.0 Å². The van der Waals surface area contributed by atoms with Crippen molar-refractivity contribution < 1.29 is 23.4 Å². The Kier molecular flexibility index (Phi) is 13.5. The van der Waals surface area contributed by atoms with Gasteiger partial charge in [0.25, 0.3) is 0 Å². The Bertz CT molecular complexity index is 1080. The van der Waals surface area contributed by atoms with Crippen LogP contribution < -0.4 is 0 Å². The van der Waals surface area contributed by atoms with Crippen molar-refractivity contribution in [3.8, 4) is 0 Å². The highest BCUT2D eigenvalue weighted by atomic mass is 28.4. The molecule has 3 heterocycles. The van der Waals surface area contributed by atoms with Gasteiger partial charge in [-0.15, -0.1) is 0 Å². The van der Waals surface area contributed by atoms with E-state index in [1.807, 2.05) is 6.08 Å². The summed E-state index contributed by atoms with van der Waals surface area (Å²) in [6.07, 6.45) is 23.8. The molecule has 6 heteroatoms. The van der Waals surface area contributed by atoms with Crippen LogP contribution in [0.1, 0.15) is 86.5 Å². The second-order valence-corrected chi connectivity index (χ2v) is 19.3. The molecule has 0 aromatic heterocycles. The van der Waals surface area contributed by atoms with Gasteiger partial charge in [0.2, 0.25) is 0 Å². The quantitative estimate of drug-likeness (QED) is 0.176. The largest absolute Gasteiger partial charge is 0.456 e. The van der Waals surface area contributed by atoms with Gasteiger partial charge in [-0.2, -0.15) is 0 Å². The van der Waals surface area contributed by atoms with Gasteiger partial charge < -0.3 is 18.6 Å². The summed E-state index contributed by atoms with van der Waals surface area (Å²) >= 11 is 0. The molecule has 0 fully saturated rings. The van der Waals surface area contributed by atoms with E-state index < -0.39 is 14.4 Å². The van der Waals surface area contributed by atoms with Crippen molar-refractivity contribution >= 4 is 14.3 Å². The number of hydrogen-bond acceptors (Lipinski definition) is 5. The number of carbonyl (C=O) groups is 1. The maximum absolute atomic E-state index is 13.2. The third-order valence-corrected chi connectivity index (χ3v) is 13.6. The minimum Gasteiger partial charge on any atom is -0.456 e. The standard InChI is InChI=1S/C37H58O5Si/c1-27-13-10-17-34(35(42-43(8,9)37(5,6)7)20-19-32-25-28(2)21-22-39-32)41-36(38)18-12-15-31-14-11-16-33(40-31)26-30(4)24-29(3)23-27/h10-14,18-21,27,30-35H,3,15-17,22-26H2,1-2,4-9H3/b13-10+,18-12-,20-19+/t27-,30+,31+,32-,33+,34+,35+/m1/s1. The first-order valence-corrected chi connectivity index (χ1v) is 19.3. The van der Waals surface area contributed by atoms with E-state index in [4.69, 9.17) is 18.6 Å². The van der Waals surface area contributed by atoms with E-state index in [0.717, 1.165) is 32.1 Å². The number of fused-ring (bicyclic) bond motifs is 2. The Morgan fingerprint density at radius 1 is 1.05 bits per heavy atom. The maximum Gasteiger partial charge on any atom is 0.330 e. The minimum absolute atomic E-state index is 0.00637. The molecule has 3 aliphatic heterocycles. The lowest BCUT2D eigenvalue weighted by Crippen LogP contribution is -2.47. The number of hydrogen-bond donors (Lipinski definition) is 0. The molecule has 3 aliphatic rings. The minimum atomic E-state index is -2.20. The van der Waals surface area contributed by atoms with Gasteiger partial charge in [0.05, 0.1) is 24.9 Å². The highest BCUT2D eigenvalue weighted by Crippen LogP contribution is 2.38. The van der Waals surface area contributed by atoms with E-state index in [9.17, 15) is 4.79 Å². The van der Waals surface area contributed by atoms with Crippen molar-refractivity contribution in [3.63, 3.8) is 0 Å². The van der Waals surface area contributed by atoms with Crippen molar-refractivity contribution in [2.75, 3.05) is 6.61 Å². The fraction of sp³-hybridized carbons (Fsp3) is 0.649. The number of rotatable bonds is 5. The second kappa shape index (κ2) is 16.4. The molecule has 0 saturated heterocycles. The normalized spacial score (nSPS) is 32.8. The molecular weight excluding hydrogens is 552 g/mol. The lowest BCUT2D eigenvalue weighted by molar-refractivity contribution is -0.146. The Hall–Kier alpha value is -1.99. The zero-order chi connectivity index (χ0) is 31.6. The van der Waals surface area contributed by atoms with Crippen LogP contribution in [0, 0.1) is 11.8 Å². The fourth-order valence-electron chi connectivity index (χ4n) is 5.72. The lowest BCUT2D eigenvalue weighted by Gasteiger charge is -2.40. The molecular formula is C37H58O5Si. The Morgan fingerprint density at radius 3 is 2.51 bits per heavy atom. The molecule has 0 saturated carbocycles. The van der Waals surface area contributed by atoms with Crippen LogP contribution in [0.3, 0.4) is 0 Å². The van der Waals surface area contributed by atoms with Crippen LogP contribution >= 0.6 is 0 Å². The monoisotopic (exact) mass is 610 g/mol. The van der Waals surface area contributed by atoms with Crippen molar-refractivity contribution in [2.24, 2.45) is 11.8 Å². The van der Waals surface area contributed by atoms with Crippen LogP contribution in [0.5, 0.6) is 0 Å². The fourth-order valence-corrected chi connectivity index (χ4v) is 6.98. The first kappa shape index (κ1) is 35.5.